The first-order valence-corrected chi connectivity index (χ1v) is 3.62. The molecule has 0 bridgehead atoms. The topological polar surface area (TPSA) is 37.4 Å². The molecule has 4 heteroatoms. The summed E-state index contributed by atoms with van der Waals surface area (Å²) >= 11 is 0. The molecule has 49 valence electrons. The van der Waals surface area contributed by atoms with Gasteiger partial charge in [-0.1, -0.05) is 0 Å². The molecule has 0 saturated carbocycles. The molecule has 0 spiro atoms. The standard InChI is InChI=1S/C4H10NO2S/c1-3-5(2)4-8(6)7/h8H,1,3-4H2,2H3. The molecule has 0 amide bonds. The van der Waals surface area contributed by atoms with Crippen LogP contribution in [-0.2, 0) is 10.7 Å². The lowest BCUT2D eigenvalue weighted by Crippen LogP contribution is -2.19. The largest absolute Gasteiger partial charge is 0.293 e. The molecule has 8 heavy (non-hydrogen) atoms. The Balaban J connectivity index is 3.39. The van der Waals surface area contributed by atoms with Crippen LogP contribution in [0.3, 0.4) is 0 Å². The molecule has 0 aromatic carbocycles. The van der Waals surface area contributed by atoms with Crippen molar-refractivity contribution in [1.82, 2.24) is 4.90 Å². The van der Waals surface area contributed by atoms with Crippen LogP contribution in [0.2, 0.25) is 0 Å². The lowest BCUT2D eigenvalue weighted by Gasteiger charge is -2.06. The Morgan fingerprint density at radius 2 is 2.12 bits per heavy atom. The number of hydrogen-bond acceptors (Lipinski definition) is 3. The van der Waals surface area contributed by atoms with Gasteiger partial charge < -0.3 is 0 Å². The molecule has 0 aliphatic carbocycles. The van der Waals surface area contributed by atoms with E-state index in [-0.39, 0.29) is 5.88 Å². The van der Waals surface area contributed by atoms with Crippen molar-refractivity contribution in [3.63, 3.8) is 0 Å². The number of hydrogen-bond donors (Lipinski definition) is 1. The van der Waals surface area contributed by atoms with Crippen molar-refractivity contribution in [2.45, 2.75) is 0 Å². The van der Waals surface area contributed by atoms with Gasteiger partial charge in [0, 0.05) is 0 Å². The maximum absolute atomic E-state index is 9.94. The number of nitrogens with zero attached hydrogens (tertiary/aromatic N) is 1. The van der Waals surface area contributed by atoms with Crippen LogP contribution in [0.5, 0.6) is 0 Å². The third kappa shape index (κ3) is 4.08. The zero-order valence-corrected chi connectivity index (χ0v) is 5.73. The van der Waals surface area contributed by atoms with Crippen LogP contribution >= 0.6 is 0 Å². The first-order chi connectivity index (χ1) is 3.66. The van der Waals surface area contributed by atoms with Crippen molar-refractivity contribution in [3.05, 3.63) is 6.92 Å². The lowest BCUT2D eigenvalue weighted by molar-refractivity contribution is 0.425. The first kappa shape index (κ1) is 7.91. The molecule has 0 heterocycles. The maximum atomic E-state index is 9.94. The van der Waals surface area contributed by atoms with Gasteiger partial charge in [0.25, 0.3) is 0 Å². The molecular formula is C4H10NO2S. The van der Waals surface area contributed by atoms with Gasteiger partial charge in [0.1, 0.15) is 0 Å². The molecule has 1 radical (unpaired) electrons. The summed E-state index contributed by atoms with van der Waals surface area (Å²) in [6, 6.07) is 0. The van der Waals surface area contributed by atoms with Gasteiger partial charge in [0.15, 0.2) is 10.7 Å². The summed E-state index contributed by atoms with van der Waals surface area (Å²) < 4.78 is 19.9. The predicted molar refractivity (Wildman–Crippen MR) is 33.2 cm³/mol. The van der Waals surface area contributed by atoms with Crippen LogP contribution in [0.25, 0.3) is 0 Å². The van der Waals surface area contributed by atoms with Gasteiger partial charge >= 0.3 is 0 Å². The Bertz CT molecular complexity index is 113. The highest BCUT2D eigenvalue weighted by atomic mass is 32.2. The molecular weight excluding hydrogens is 126 g/mol. The first-order valence-electron chi connectivity index (χ1n) is 2.26. The fraction of sp³-hybridized carbons (Fsp3) is 0.750. The summed E-state index contributed by atoms with van der Waals surface area (Å²) in [6.07, 6.45) is 0. The molecule has 0 unspecified atom stereocenters. The lowest BCUT2D eigenvalue weighted by atomic mass is 10.7. The zero-order valence-electron chi connectivity index (χ0n) is 4.83. The fourth-order valence-corrected chi connectivity index (χ4v) is 0.803. The molecule has 3 nitrogen and oxygen atoms in total. The monoisotopic (exact) mass is 136 g/mol. The third-order valence-corrected chi connectivity index (χ3v) is 1.45. The Hall–Kier alpha value is -0.0900. The molecule has 0 aliphatic rings. The number of rotatable bonds is 3. The quantitative estimate of drug-likeness (QED) is 0.522. The average molecular weight is 136 g/mol. The summed E-state index contributed by atoms with van der Waals surface area (Å²) in [5.74, 6) is 0.110. The van der Waals surface area contributed by atoms with E-state index in [0.717, 1.165) is 0 Å². The van der Waals surface area contributed by atoms with Crippen molar-refractivity contribution in [2.75, 3.05) is 19.5 Å². The summed E-state index contributed by atoms with van der Waals surface area (Å²) in [4.78, 5) is 1.62. The van der Waals surface area contributed by atoms with Crippen LogP contribution in [0.15, 0.2) is 0 Å². The minimum absolute atomic E-state index is 0.110. The van der Waals surface area contributed by atoms with Gasteiger partial charge in [-0.3, -0.25) is 4.90 Å². The molecule has 0 aromatic rings. The van der Waals surface area contributed by atoms with E-state index in [1.807, 2.05) is 0 Å². The molecule has 0 N–H and O–H groups in total. The van der Waals surface area contributed by atoms with E-state index < -0.39 is 10.7 Å². The summed E-state index contributed by atoms with van der Waals surface area (Å²) in [6.45, 7) is 4.03. The van der Waals surface area contributed by atoms with Crippen molar-refractivity contribution < 1.29 is 8.42 Å². The molecule has 0 atom stereocenters. The van der Waals surface area contributed by atoms with Gasteiger partial charge in [0.2, 0.25) is 0 Å². The van der Waals surface area contributed by atoms with Crippen molar-refractivity contribution in [2.24, 2.45) is 0 Å². The van der Waals surface area contributed by atoms with E-state index in [4.69, 9.17) is 0 Å². The summed E-state index contributed by atoms with van der Waals surface area (Å²) in [5, 5.41) is 0. The van der Waals surface area contributed by atoms with Gasteiger partial charge in [-0.25, -0.2) is 8.42 Å². The zero-order chi connectivity index (χ0) is 6.57. The molecule has 0 fully saturated rings. The van der Waals surface area contributed by atoms with E-state index in [0.29, 0.717) is 6.54 Å². The van der Waals surface area contributed by atoms with E-state index in [1.54, 1.807) is 11.9 Å². The predicted octanol–water partition coefficient (Wildman–Crippen LogP) is -0.679. The SMILES string of the molecule is [CH2]CN(C)C[SH](=O)=O. The van der Waals surface area contributed by atoms with Crippen LogP contribution in [-0.4, -0.2) is 32.8 Å². The second kappa shape index (κ2) is 3.86. The fourth-order valence-electron chi connectivity index (χ4n) is 0.268. The van der Waals surface area contributed by atoms with E-state index in [1.165, 1.54) is 0 Å². The minimum Gasteiger partial charge on any atom is -0.293 e. The third-order valence-electron chi connectivity index (χ3n) is 0.739. The Morgan fingerprint density at radius 3 is 2.25 bits per heavy atom. The minimum atomic E-state index is -2.26. The van der Waals surface area contributed by atoms with Gasteiger partial charge in [-0.15, -0.1) is 0 Å². The second-order valence-corrected chi connectivity index (χ2v) is 2.50. The Morgan fingerprint density at radius 1 is 1.62 bits per heavy atom. The molecule has 0 aromatic heterocycles. The highest BCUT2D eigenvalue weighted by Crippen LogP contribution is 1.77. The number of thiol groups is 1. The van der Waals surface area contributed by atoms with Crippen molar-refractivity contribution >= 4 is 10.7 Å². The Kier molecular flexibility index (Phi) is 3.81. The summed E-state index contributed by atoms with van der Waals surface area (Å²) in [7, 11) is -0.553. The van der Waals surface area contributed by atoms with Crippen molar-refractivity contribution in [3.8, 4) is 0 Å². The second-order valence-electron chi connectivity index (χ2n) is 1.55. The average Bonchev–Trinajstić information content (AvgIpc) is 1.65. The van der Waals surface area contributed by atoms with Gasteiger partial charge in [-0.2, -0.15) is 0 Å². The van der Waals surface area contributed by atoms with Crippen LogP contribution in [0.1, 0.15) is 0 Å². The highest BCUT2D eigenvalue weighted by Gasteiger charge is 1.91. The van der Waals surface area contributed by atoms with Crippen LogP contribution < -0.4 is 0 Å². The van der Waals surface area contributed by atoms with Gasteiger partial charge in [0.05, 0.1) is 5.88 Å². The summed E-state index contributed by atoms with van der Waals surface area (Å²) in [5.41, 5.74) is 0. The normalized spacial score (nSPS) is 11.0. The smallest absolute Gasteiger partial charge is 0.153 e. The van der Waals surface area contributed by atoms with Crippen molar-refractivity contribution in [1.29, 1.82) is 0 Å². The van der Waals surface area contributed by atoms with Gasteiger partial charge in [-0.05, 0) is 20.5 Å². The highest BCUT2D eigenvalue weighted by molar-refractivity contribution is 7.72. The van der Waals surface area contributed by atoms with E-state index in [2.05, 4.69) is 6.92 Å². The molecule has 0 saturated heterocycles. The Labute approximate surface area is 51.3 Å². The van der Waals surface area contributed by atoms with E-state index >= 15 is 0 Å². The molecule has 0 aliphatic heterocycles. The maximum Gasteiger partial charge on any atom is 0.153 e. The van der Waals surface area contributed by atoms with Crippen LogP contribution in [0.4, 0.5) is 0 Å². The molecule has 0 rings (SSSR count). The van der Waals surface area contributed by atoms with E-state index in [9.17, 15) is 8.42 Å². The van der Waals surface area contributed by atoms with Crippen LogP contribution in [0, 0.1) is 6.92 Å².